The quantitative estimate of drug-likeness (QED) is 0.0396. The van der Waals surface area contributed by atoms with Crippen molar-refractivity contribution in [1.29, 1.82) is 0 Å². The Labute approximate surface area is 812 Å². The summed E-state index contributed by atoms with van der Waals surface area (Å²) in [6.45, 7) is 32.3. The first-order valence-corrected chi connectivity index (χ1v) is 45.4. The smallest absolute Gasteiger partial charge is 0.314 e. The molecular formula is C122H186O11. The van der Waals surface area contributed by atoms with Crippen LogP contribution < -0.4 is 23.7 Å². The molecule has 0 aromatic heterocycles. The SMILES string of the molecule is C.C.C.C.C.C.C.C.C.C.C.C.CCC(C)c1ccc(O)cc1.CCC(C)c1ccc(OC(=O)C2CCC3CCCCC3C2)cc1.CCC(C)c1ccc2cc(O)ccc2c1.CCC(C)c1ccc2cc(OC(=O)C3CC4CCC3C4)ccc2c1.CCC(C)c1ccc2cc(Oc3ccccc3Oc3c(COC)cc(C)cc3COC)ccc2c1.CCOc1ccc(C(C)CC)cc1. The largest absolute Gasteiger partial charge is 0.508 e. The predicted octanol–water partition coefficient (Wildman–Crippen LogP) is 38.1. The highest BCUT2D eigenvalue weighted by Gasteiger charge is 2.44. The number of hydrogen-bond donors (Lipinski definition) is 2. The standard InChI is InChI=1S/C31H34O4.C22H26O2.C21H30O2.C14H16O.C12H18O.C10H14O.12CH4/c1-6-22(3)23-11-12-25-18-28(14-13-24(25)17-23)34-29-9-7-8-10-30(29)35-31-26(19-32-4)15-21(2)16-27(31)20-33-5;1-3-14(2)16-6-7-18-13-20(9-8-17(18)12-16)24-22(23)21-11-15-4-5-19(21)10-15;1-3-15(2)16-10-12-20(13-11-16)23-21(22)19-9-8-17-6-4-5-7-18(17)14-19;1-3-10(2)11-4-5-13-9-14(15)7-6-12(13)8-11;1-4-10(3)11-6-8-12(9-7-11)13-5-2;1-3-8(2)9-4-6-10(11)7-5-9;;;;;;;;;;;;/h7-18,22H,6,19-20H2,1-5H3;6-9,12-15,19,21H,3-5,10-11H2,1-2H3;10-13,15,17-19H,3-9,14H2,1-2H3;4-10,15H,3H2,1-2H3;6-10H,4-5H2,1-3H3;4-8,11H,3H2,1-2H3;12*1H4. The van der Waals surface area contributed by atoms with E-state index >= 15 is 0 Å². The van der Waals surface area contributed by atoms with Gasteiger partial charge in [0.1, 0.15) is 40.2 Å². The molecule has 0 aliphatic heterocycles. The summed E-state index contributed by atoms with van der Waals surface area (Å²) in [5, 5.41) is 25.4. The normalized spacial score (nSPS) is 16.7. The highest BCUT2D eigenvalue weighted by Crippen LogP contribution is 2.49. The number of ether oxygens (including phenoxy) is 7. The fourth-order valence-electron chi connectivity index (χ4n) is 17.4. The van der Waals surface area contributed by atoms with Gasteiger partial charge < -0.3 is 43.4 Å². The fourth-order valence-corrected chi connectivity index (χ4v) is 17.4. The topological polar surface area (TPSA) is 139 Å². The second-order valence-electron chi connectivity index (χ2n) is 34.7. The lowest BCUT2D eigenvalue weighted by Crippen LogP contribution is -2.33. The van der Waals surface area contributed by atoms with Crippen molar-refractivity contribution in [3.63, 3.8) is 0 Å². The van der Waals surface area contributed by atoms with Gasteiger partial charge in [0.15, 0.2) is 11.5 Å². The number of methoxy groups -OCH3 is 2. The van der Waals surface area contributed by atoms with Crippen LogP contribution in [0.4, 0.5) is 0 Å². The van der Waals surface area contributed by atoms with E-state index in [1.165, 1.54) is 107 Å². The Kier molecular flexibility index (Phi) is 61.3. The average molecular weight is 1830 g/mol. The third kappa shape index (κ3) is 36.7. The van der Waals surface area contributed by atoms with Crippen LogP contribution in [-0.2, 0) is 32.3 Å². The molecule has 4 saturated carbocycles. The molecule has 0 amide bonds. The number of phenols is 2. The molecule has 11 aromatic carbocycles. The molecule has 11 aromatic rings. The van der Waals surface area contributed by atoms with Crippen LogP contribution in [0, 0.1) is 42.4 Å². The van der Waals surface area contributed by atoms with Crippen LogP contribution in [0.3, 0.4) is 0 Å². The van der Waals surface area contributed by atoms with Gasteiger partial charge in [-0.05, 0) is 301 Å². The average Bonchev–Trinajstić information content (AvgIpc) is 1.73. The van der Waals surface area contributed by atoms with Gasteiger partial charge in [0.05, 0.1) is 31.7 Å². The highest BCUT2D eigenvalue weighted by molar-refractivity contribution is 5.87. The van der Waals surface area contributed by atoms with E-state index in [1.54, 1.807) is 38.5 Å². The van der Waals surface area contributed by atoms with Crippen LogP contribution >= 0.6 is 0 Å². The number of aryl methyl sites for hydroxylation is 1. The number of fused-ring (bicyclic) bond motifs is 6. The second-order valence-corrected chi connectivity index (χ2v) is 34.7. The summed E-state index contributed by atoms with van der Waals surface area (Å²) >= 11 is 0. The molecule has 0 radical (unpaired) electrons. The molecule has 15 rings (SSSR count). The Balaban J connectivity index is -0.00000156. The first kappa shape index (κ1) is 127. The van der Waals surface area contributed by atoms with Crippen molar-refractivity contribution in [1.82, 2.24) is 0 Å². The van der Waals surface area contributed by atoms with E-state index in [4.69, 9.17) is 38.3 Å². The summed E-state index contributed by atoms with van der Waals surface area (Å²) in [6, 6.07) is 73.2. The van der Waals surface area contributed by atoms with Gasteiger partial charge in [-0.15, -0.1) is 0 Å². The number of phenolic OH excluding ortho intramolecular Hbond substituents is 2. The molecule has 4 aliphatic rings. The first-order chi connectivity index (χ1) is 58.5. The molecule has 2 N–H and O–H groups in total. The minimum absolute atomic E-state index is 0. The Bertz CT molecular complexity index is 5000. The first-order valence-electron chi connectivity index (χ1n) is 45.4. The van der Waals surface area contributed by atoms with Gasteiger partial charge in [-0.2, -0.15) is 0 Å². The van der Waals surface area contributed by atoms with Crippen molar-refractivity contribution in [2.24, 2.45) is 35.5 Å². The maximum atomic E-state index is 12.5. The molecule has 4 fully saturated rings. The number of benzene rings is 11. The number of esters is 2. The molecule has 133 heavy (non-hydrogen) atoms. The van der Waals surface area contributed by atoms with Gasteiger partial charge >= 0.3 is 11.9 Å². The van der Waals surface area contributed by atoms with Crippen LogP contribution in [0.1, 0.15) is 374 Å². The summed E-state index contributed by atoms with van der Waals surface area (Å²) in [5.41, 5.74) is 11.2. The second kappa shape index (κ2) is 64.1. The number of carbonyl (C=O) groups excluding carboxylic acids is 2. The zero-order valence-electron chi connectivity index (χ0n) is 75.4. The Morgan fingerprint density at radius 3 is 1.14 bits per heavy atom. The van der Waals surface area contributed by atoms with Crippen molar-refractivity contribution in [3.8, 4) is 51.7 Å². The monoisotopic (exact) mass is 1830 g/mol. The lowest BCUT2D eigenvalue weighted by atomic mass is 9.67. The predicted molar refractivity (Wildman–Crippen MR) is 581 cm³/mol. The highest BCUT2D eigenvalue weighted by atomic mass is 16.5. The van der Waals surface area contributed by atoms with Crippen molar-refractivity contribution < 1.29 is 53.0 Å². The third-order valence-electron chi connectivity index (χ3n) is 26.2. The van der Waals surface area contributed by atoms with Gasteiger partial charge in [0, 0.05) is 25.3 Å². The zero-order chi connectivity index (χ0) is 86.5. The Hall–Kier alpha value is -9.94. The minimum atomic E-state index is -0.0159. The van der Waals surface area contributed by atoms with Gasteiger partial charge in [-0.25, -0.2) is 0 Å². The zero-order valence-corrected chi connectivity index (χ0v) is 75.4. The van der Waals surface area contributed by atoms with Crippen molar-refractivity contribution in [2.45, 2.75) is 344 Å². The van der Waals surface area contributed by atoms with Crippen molar-refractivity contribution in [2.75, 3.05) is 20.8 Å². The molecule has 0 spiro atoms. The van der Waals surface area contributed by atoms with Crippen LogP contribution in [0.25, 0.3) is 32.3 Å². The van der Waals surface area contributed by atoms with E-state index in [0.29, 0.717) is 89.1 Å². The lowest BCUT2D eigenvalue weighted by molar-refractivity contribution is -0.142. The summed E-state index contributed by atoms with van der Waals surface area (Å²) in [7, 11) is 3.37. The number of rotatable bonds is 26. The summed E-state index contributed by atoms with van der Waals surface area (Å²) < 4.78 is 40.4. The van der Waals surface area contributed by atoms with Gasteiger partial charge in [0.25, 0.3) is 0 Å². The van der Waals surface area contributed by atoms with E-state index in [2.05, 4.69) is 199 Å². The molecule has 4 aliphatic carbocycles. The molecule has 12 unspecified atom stereocenters. The maximum Gasteiger partial charge on any atom is 0.314 e. The van der Waals surface area contributed by atoms with E-state index in [9.17, 15) is 14.7 Å². The van der Waals surface area contributed by atoms with Gasteiger partial charge in [-0.1, -0.05) is 343 Å². The van der Waals surface area contributed by atoms with Crippen LogP contribution in [-0.4, -0.2) is 43.0 Å². The molecular weight excluding hydrogens is 1640 g/mol. The van der Waals surface area contributed by atoms with E-state index in [-0.39, 0.29) is 113 Å². The molecule has 2 bridgehead atoms. The van der Waals surface area contributed by atoms with E-state index < -0.39 is 0 Å². The maximum absolute atomic E-state index is 12.5. The number of aromatic hydroxyl groups is 2. The van der Waals surface area contributed by atoms with Gasteiger partial charge in [0.2, 0.25) is 0 Å². The Morgan fingerprint density at radius 2 is 0.699 bits per heavy atom. The van der Waals surface area contributed by atoms with E-state index in [0.717, 1.165) is 126 Å². The Morgan fingerprint density at radius 1 is 0.338 bits per heavy atom. The van der Waals surface area contributed by atoms with Crippen molar-refractivity contribution >= 4 is 44.3 Å². The van der Waals surface area contributed by atoms with Crippen LogP contribution in [0.15, 0.2) is 218 Å². The molecule has 11 heteroatoms. The number of hydrogen-bond acceptors (Lipinski definition) is 11. The summed E-state index contributed by atoms with van der Waals surface area (Å²) in [4.78, 5) is 25.0. The molecule has 0 saturated heterocycles. The van der Waals surface area contributed by atoms with Gasteiger partial charge in [-0.3, -0.25) is 9.59 Å². The number of carbonyl (C=O) groups is 2. The summed E-state index contributed by atoms with van der Waals surface area (Å²) in [6.07, 6.45) is 20.4. The number of para-hydroxylation sites is 2. The minimum Gasteiger partial charge on any atom is -0.508 e. The lowest BCUT2D eigenvalue weighted by Gasteiger charge is -2.38. The molecule has 740 valence electrons. The van der Waals surface area contributed by atoms with E-state index in [1.807, 2.05) is 91.9 Å². The molecule has 0 heterocycles. The van der Waals surface area contributed by atoms with Crippen LogP contribution in [0.2, 0.25) is 0 Å². The van der Waals surface area contributed by atoms with Crippen molar-refractivity contribution in [3.05, 3.63) is 268 Å². The summed E-state index contributed by atoms with van der Waals surface area (Å²) in [5.74, 6) is 12.6. The van der Waals surface area contributed by atoms with Crippen LogP contribution in [0.5, 0.6) is 51.7 Å². The molecule has 12 atom stereocenters. The molecule has 11 nitrogen and oxygen atoms in total. The third-order valence-corrected chi connectivity index (χ3v) is 26.2. The fraction of sp³-hybridized carbons (Fsp3) is 0.492.